The molecule has 2 rings (SSSR count). The summed E-state index contributed by atoms with van der Waals surface area (Å²) < 4.78 is 10.4. The van der Waals surface area contributed by atoms with Crippen LogP contribution in [0.2, 0.25) is 0 Å². The van der Waals surface area contributed by atoms with Gasteiger partial charge in [0.05, 0.1) is 30.6 Å². The number of carbonyl (C=O) groups is 2. The highest BCUT2D eigenvalue weighted by molar-refractivity contribution is 9.10. The van der Waals surface area contributed by atoms with Crippen LogP contribution in [0.1, 0.15) is 13.8 Å². The van der Waals surface area contributed by atoms with E-state index in [2.05, 4.69) is 31.2 Å². The minimum atomic E-state index is -0.735. The molecular weight excluding hydrogens is 366 g/mol. The summed E-state index contributed by atoms with van der Waals surface area (Å²) in [6.07, 6.45) is 4.67. The number of aromatic amines is 1. The number of hydrogen-bond acceptors (Lipinski definition) is 6. The van der Waals surface area contributed by atoms with Gasteiger partial charge in [-0.1, -0.05) is 0 Å². The van der Waals surface area contributed by atoms with Crippen molar-refractivity contribution in [1.29, 1.82) is 0 Å². The number of pyridine rings is 1. The molecule has 0 saturated carbocycles. The van der Waals surface area contributed by atoms with Crippen molar-refractivity contribution in [2.24, 2.45) is 0 Å². The van der Waals surface area contributed by atoms with Crippen LogP contribution in [0.5, 0.6) is 0 Å². The number of H-pyrrole nitrogens is 1. The molecule has 0 radical (unpaired) electrons. The van der Waals surface area contributed by atoms with Crippen molar-refractivity contribution in [2.45, 2.75) is 13.8 Å². The van der Waals surface area contributed by atoms with E-state index in [1.54, 1.807) is 26.2 Å². The normalized spacial score (nSPS) is 10.2. The number of nitrogens with zero attached hydrogens (tertiary/aromatic N) is 1. The molecule has 0 aromatic carbocycles. The Morgan fingerprint density at radius 3 is 2.57 bits per heavy atom. The molecule has 0 aliphatic heterocycles. The first-order valence-electron chi connectivity index (χ1n) is 7.00. The summed E-state index contributed by atoms with van der Waals surface area (Å²) in [7, 11) is 0. The number of rotatable bonds is 6. The lowest BCUT2D eigenvalue weighted by Crippen LogP contribution is -2.19. The molecule has 0 spiro atoms. The maximum atomic E-state index is 11.9. The predicted octanol–water partition coefficient (Wildman–Crippen LogP) is 2.75. The second kappa shape index (κ2) is 7.77. The van der Waals surface area contributed by atoms with Gasteiger partial charge in [0.15, 0.2) is 5.57 Å². The van der Waals surface area contributed by atoms with E-state index < -0.39 is 11.9 Å². The van der Waals surface area contributed by atoms with Gasteiger partial charge in [0, 0.05) is 17.8 Å². The molecule has 0 bridgehead atoms. The first kappa shape index (κ1) is 17.0. The van der Waals surface area contributed by atoms with Gasteiger partial charge in [-0.25, -0.2) is 14.6 Å². The molecule has 0 atom stereocenters. The van der Waals surface area contributed by atoms with Crippen LogP contribution in [-0.4, -0.2) is 35.1 Å². The van der Waals surface area contributed by atoms with E-state index in [0.717, 1.165) is 10.9 Å². The molecule has 0 saturated heterocycles. The number of ether oxygens (including phenoxy) is 2. The summed E-state index contributed by atoms with van der Waals surface area (Å²) in [4.78, 5) is 30.9. The Morgan fingerprint density at radius 1 is 1.30 bits per heavy atom. The average Bonchev–Trinajstić information content (AvgIpc) is 2.90. The fourth-order valence-corrected chi connectivity index (χ4v) is 2.21. The topological polar surface area (TPSA) is 93.3 Å². The van der Waals surface area contributed by atoms with E-state index in [0.29, 0.717) is 10.3 Å². The fraction of sp³-hybridized carbons (Fsp3) is 0.267. The van der Waals surface area contributed by atoms with Crippen LogP contribution in [0.4, 0.5) is 5.69 Å². The summed E-state index contributed by atoms with van der Waals surface area (Å²) in [5, 5.41) is 3.79. The lowest BCUT2D eigenvalue weighted by Gasteiger charge is -2.07. The summed E-state index contributed by atoms with van der Waals surface area (Å²) in [6.45, 7) is 3.67. The summed E-state index contributed by atoms with van der Waals surface area (Å²) in [5.41, 5.74) is 1.31. The van der Waals surface area contributed by atoms with Crippen molar-refractivity contribution in [3.63, 3.8) is 0 Å². The van der Waals surface area contributed by atoms with Gasteiger partial charge in [0.1, 0.15) is 4.60 Å². The molecule has 2 aromatic heterocycles. The van der Waals surface area contributed by atoms with Gasteiger partial charge in [-0.15, -0.1) is 0 Å². The minimum absolute atomic E-state index is 0.168. The zero-order valence-electron chi connectivity index (χ0n) is 12.7. The predicted molar refractivity (Wildman–Crippen MR) is 88.8 cm³/mol. The highest BCUT2D eigenvalue weighted by Crippen LogP contribution is 2.25. The van der Waals surface area contributed by atoms with Crippen molar-refractivity contribution in [3.05, 3.63) is 34.8 Å². The third-order valence-electron chi connectivity index (χ3n) is 2.90. The number of esters is 2. The average molecular weight is 382 g/mol. The molecular formula is C15H16BrN3O4. The molecule has 0 amide bonds. The first-order valence-corrected chi connectivity index (χ1v) is 7.79. The van der Waals surface area contributed by atoms with Crippen molar-refractivity contribution in [1.82, 2.24) is 9.97 Å². The molecule has 2 N–H and O–H groups in total. The fourth-order valence-electron chi connectivity index (χ4n) is 1.88. The van der Waals surface area contributed by atoms with Crippen molar-refractivity contribution in [3.8, 4) is 0 Å². The maximum absolute atomic E-state index is 11.9. The zero-order chi connectivity index (χ0) is 16.8. The highest BCUT2D eigenvalue weighted by atomic mass is 79.9. The number of aromatic nitrogens is 2. The number of carbonyl (C=O) groups excluding carboxylic acids is 2. The van der Waals surface area contributed by atoms with Crippen molar-refractivity contribution in [2.75, 3.05) is 18.5 Å². The molecule has 23 heavy (non-hydrogen) atoms. The molecule has 0 unspecified atom stereocenters. The molecule has 7 nitrogen and oxygen atoms in total. The first-order chi connectivity index (χ1) is 11.1. The van der Waals surface area contributed by atoms with Crippen molar-refractivity contribution < 1.29 is 19.1 Å². The number of anilines is 1. The second-order valence-electron chi connectivity index (χ2n) is 4.40. The van der Waals surface area contributed by atoms with Crippen LogP contribution in [0.3, 0.4) is 0 Å². The largest absolute Gasteiger partial charge is 0.462 e. The molecule has 8 heteroatoms. The van der Waals surface area contributed by atoms with Crippen LogP contribution >= 0.6 is 15.9 Å². The van der Waals surface area contributed by atoms with Gasteiger partial charge in [-0.2, -0.15) is 0 Å². The Hall–Kier alpha value is -2.35. The molecule has 2 heterocycles. The molecule has 0 aliphatic carbocycles. The minimum Gasteiger partial charge on any atom is -0.462 e. The lowest BCUT2D eigenvalue weighted by molar-refractivity contribution is -0.146. The number of halogens is 1. The molecule has 122 valence electrons. The van der Waals surface area contributed by atoms with Gasteiger partial charge in [0.25, 0.3) is 0 Å². The Morgan fingerprint density at radius 2 is 1.96 bits per heavy atom. The standard InChI is InChI=1S/C15H16BrN3O4/c1-3-22-14(20)10(15(21)23-4-2)6-17-11-7-18-12-8-19-13(16)5-9(11)12/h5-8,17-18H,3-4H2,1-2H3. The van der Waals surface area contributed by atoms with Crippen LogP contribution in [0.25, 0.3) is 10.9 Å². The SMILES string of the molecule is CCOC(=O)C(=CNc1c[nH]c2cnc(Br)cc12)C(=O)OCC. The summed E-state index contributed by atoms with van der Waals surface area (Å²) in [5.74, 6) is -1.47. The monoisotopic (exact) mass is 381 g/mol. The van der Waals surface area contributed by atoms with Crippen LogP contribution in [0, 0.1) is 0 Å². The van der Waals surface area contributed by atoms with E-state index >= 15 is 0 Å². The summed E-state index contributed by atoms with van der Waals surface area (Å²) >= 11 is 3.30. The van der Waals surface area contributed by atoms with Gasteiger partial charge >= 0.3 is 11.9 Å². The highest BCUT2D eigenvalue weighted by Gasteiger charge is 2.21. The van der Waals surface area contributed by atoms with Crippen LogP contribution in [0.15, 0.2) is 34.8 Å². The van der Waals surface area contributed by atoms with E-state index in [-0.39, 0.29) is 18.8 Å². The number of nitrogens with one attached hydrogen (secondary N) is 2. The lowest BCUT2D eigenvalue weighted by atomic mass is 10.2. The smallest absolute Gasteiger partial charge is 0.347 e. The Bertz CT molecular complexity index is 734. The van der Waals surface area contributed by atoms with Gasteiger partial charge < -0.3 is 19.8 Å². The maximum Gasteiger partial charge on any atom is 0.347 e. The van der Waals surface area contributed by atoms with E-state index in [1.807, 2.05) is 6.07 Å². The molecule has 2 aromatic rings. The number of fused-ring (bicyclic) bond motifs is 1. The van der Waals surface area contributed by atoms with Crippen molar-refractivity contribution >= 4 is 44.5 Å². The van der Waals surface area contributed by atoms with Gasteiger partial charge in [-0.05, 0) is 35.8 Å². The molecule has 0 fully saturated rings. The van der Waals surface area contributed by atoms with Gasteiger partial charge in [0.2, 0.25) is 0 Å². The zero-order valence-corrected chi connectivity index (χ0v) is 14.3. The Labute approximate surface area is 141 Å². The third-order valence-corrected chi connectivity index (χ3v) is 3.33. The Balaban J connectivity index is 2.29. The van der Waals surface area contributed by atoms with Gasteiger partial charge in [-0.3, -0.25) is 0 Å². The molecule has 0 aliphatic rings. The Kier molecular flexibility index (Phi) is 5.75. The quantitative estimate of drug-likeness (QED) is 0.262. The van der Waals surface area contributed by atoms with E-state index in [1.165, 1.54) is 6.20 Å². The van der Waals surface area contributed by atoms with Crippen LogP contribution in [-0.2, 0) is 19.1 Å². The van der Waals surface area contributed by atoms with E-state index in [9.17, 15) is 9.59 Å². The van der Waals surface area contributed by atoms with Crippen LogP contribution < -0.4 is 5.32 Å². The third kappa shape index (κ3) is 4.10. The number of hydrogen-bond donors (Lipinski definition) is 2. The van der Waals surface area contributed by atoms with E-state index in [4.69, 9.17) is 9.47 Å². The second-order valence-corrected chi connectivity index (χ2v) is 5.21. The summed E-state index contributed by atoms with van der Waals surface area (Å²) in [6, 6.07) is 1.82.